The Bertz CT molecular complexity index is 608. The highest BCUT2D eigenvalue weighted by atomic mass is 16.6. The Morgan fingerprint density at radius 3 is 2.24 bits per heavy atom. The first-order valence-electron chi connectivity index (χ1n) is 9.19. The van der Waals surface area contributed by atoms with Crippen molar-refractivity contribution >= 4 is 17.4 Å². The van der Waals surface area contributed by atoms with Crippen molar-refractivity contribution in [2.24, 2.45) is 0 Å². The van der Waals surface area contributed by atoms with Crippen LogP contribution in [0, 0.1) is 10.1 Å². The molecule has 1 heterocycles. The molecule has 1 aromatic rings. The van der Waals surface area contributed by atoms with Crippen molar-refractivity contribution in [3.8, 4) is 0 Å². The second kappa shape index (κ2) is 8.18. The highest BCUT2D eigenvalue weighted by Crippen LogP contribution is 2.29. The molecule has 1 aliphatic carbocycles. The summed E-state index contributed by atoms with van der Waals surface area (Å²) in [6.07, 6.45) is 7.39. The summed E-state index contributed by atoms with van der Waals surface area (Å²) in [4.78, 5) is 25.0. The van der Waals surface area contributed by atoms with E-state index in [0.29, 0.717) is 24.8 Å². The summed E-state index contributed by atoms with van der Waals surface area (Å²) in [5, 5.41) is 17.3. The lowest BCUT2D eigenvalue weighted by atomic mass is 9.96. The van der Waals surface area contributed by atoms with E-state index in [4.69, 9.17) is 0 Å². The molecular formula is C18H26N4O3. The third-order valence-electron chi connectivity index (χ3n) is 5.19. The number of nitrogens with one attached hydrogen (secondary N) is 2. The summed E-state index contributed by atoms with van der Waals surface area (Å²) in [7, 11) is 0. The lowest BCUT2D eigenvalue weighted by Crippen LogP contribution is -2.50. The van der Waals surface area contributed by atoms with Crippen molar-refractivity contribution in [2.75, 3.05) is 18.0 Å². The average Bonchev–Trinajstić information content (AvgIpc) is 2.63. The maximum absolute atomic E-state index is 12.1. The predicted molar refractivity (Wildman–Crippen MR) is 96.9 cm³/mol. The van der Waals surface area contributed by atoms with Crippen molar-refractivity contribution < 1.29 is 9.72 Å². The van der Waals surface area contributed by atoms with Gasteiger partial charge in [0.25, 0.3) is 5.69 Å². The quantitative estimate of drug-likeness (QED) is 0.647. The fourth-order valence-corrected chi connectivity index (χ4v) is 3.81. The molecule has 2 amide bonds. The molecule has 2 fully saturated rings. The lowest BCUT2D eigenvalue weighted by Gasteiger charge is -2.34. The van der Waals surface area contributed by atoms with E-state index in [0.717, 1.165) is 25.7 Å². The van der Waals surface area contributed by atoms with Crippen LogP contribution in [0.4, 0.5) is 16.2 Å². The van der Waals surface area contributed by atoms with E-state index < -0.39 is 0 Å². The molecule has 3 rings (SSSR count). The summed E-state index contributed by atoms with van der Waals surface area (Å²) >= 11 is 0. The van der Waals surface area contributed by atoms with Gasteiger partial charge in [-0.3, -0.25) is 10.1 Å². The van der Waals surface area contributed by atoms with Gasteiger partial charge in [-0.15, -0.1) is 0 Å². The molecule has 136 valence electrons. The van der Waals surface area contributed by atoms with Crippen LogP contribution in [0.3, 0.4) is 0 Å². The molecule has 1 saturated heterocycles. The van der Waals surface area contributed by atoms with Crippen LogP contribution < -0.4 is 15.5 Å². The second-order valence-corrected chi connectivity index (χ2v) is 6.96. The van der Waals surface area contributed by atoms with E-state index in [9.17, 15) is 14.9 Å². The zero-order chi connectivity index (χ0) is 17.6. The Kier molecular flexibility index (Phi) is 5.73. The van der Waals surface area contributed by atoms with Crippen LogP contribution in [0.15, 0.2) is 24.3 Å². The fraction of sp³-hybridized carbons (Fsp3) is 0.611. The number of urea groups is 1. The number of amides is 2. The maximum Gasteiger partial charge on any atom is 0.315 e. The summed E-state index contributed by atoms with van der Waals surface area (Å²) in [5.41, 5.74) is 0.807. The number of nitro groups is 1. The summed E-state index contributed by atoms with van der Waals surface area (Å²) in [5.74, 6) is 0. The molecule has 0 bridgehead atoms. The average molecular weight is 346 g/mol. The number of piperidine rings is 1. The molecule has 2 aliphatic rings. The van der Waals surface area contributed by atoms with Crippen molar-refractivity contribution in [3.05, 3.63) is 34.4 Å². The highest BCUT2D eigenvalue weighted by Gasteiger charge is 2.25. The van der Waals surface area contributed by atoms with Gasteiger partial charge < -0.3 is 15.5 Å². The smallest absolute Gasteiger partial charge is 0.315 e. The highest BCUT2D eigenvalue weighted by molar-refractivity contribution is 5.74. The molecule has 0 atom stereocenters. The number of benzene rings is 1. The minimum atomic E-state index is -0.336. The van der Waals surface area contributed by atoms with Gasteiger partial charge in [-0.2, -0.15) is 0 Å². The van der Waals surface area contributed by atoms with E-state index in [1.54, 1.807) is 12.1 Å². The third kappa shape index (κ3) is 4.61. The molecule has 25 heavy (non-hydrogen) atoms. The van der Waals surface area contributed by atoms with E-state index in [-0.39, 0.29) is 22.7 Å². The Morgan fingerprint density at radius 2 is 1.60 bits per heavy atom. The minimum absolute atomic E-state index is 0.0731. The first-order valence-corrected chi connectivity index (χ1v) is 9.19. The van der Waals surface area contributed by atoms with Gasteiger partial charge in [0.1, 0.15) is 5.69 Å². The standard InChI is InChI=1S/C18H26N4O3/c23-18(19-14-6-2-1-3-7-14)20-15-10-12-21(13-11-15)16-8-4-5-9-17(16)22(24)25/h4-5,8-9,14-15H,1-3,6-7,10-13H2,(H2,19,20,23). The molecule has 1 aromatic carbocycles. The number of rotatable bonds is 4. The largest absolute Gasteiger partial charge is 0.366 e. The molecule has 7 heteroatoms. The van der Waals surface area contributed by atoms with E-state index in [1.807, 2.05) is 11.0 Å². The number of hydrogen-bond donors (Lipinski definition) is 2. The van der Waals surface area contributed by atoms with Gasteiger partial charge in [0.15, 0.2) is 0 Å². The Morgan fingerprint density at radius 1 is 1.00 bits per heavy atom. The number of nitro benzene ring substituents is 1. The van der Waals surface area contributed by atoms with Crippen molar-refractivity contribution in [1.82, 2.24) is 10.6 Å². The lowest BCUT2D eigenvalue weighted by molar-refractivity contribution is -0.384. The molecule has 0 spiro atoms. The van der Waals surface area contributed by atoms with Gasteiger partial charge in [0.2, 0.25) is 0 Å². The Balaban J connectivity index is 1.49. The Hall–Kier alpha value is -2.31. The normalized spacial score (nSPS) is 19.4. The van der Waals surface area contributed by atoms with Gasteiger partial charge in [0, 0.05) is 31.2 Å². The molecule has 0 unspecified atom stereocenters. The topological polar surface area (TPSA) is 87.5 Å². The van der Waals surface area contributed by atoms with Gasteiger partial charge in [-0.25, -0.2) is 4.79 Å². The monoisotopic (exact) mass is 346 g/mol. The number of hydrogen-bond acceptors (Lipinski definition) is 4. The van der Waals surface area contributed by atoms with Crippen LogP contribution in [0.2, 0.25) is 0 Å². The first-order chi connectivity index (χ1) is 12.1. The van der Waals surface area contributed by atoms with Crippen LogP contribution in [-0.2, 0) is 0 Å². The molecule has 1 aliphatic heterocycles. The number of carbonyl (C=O) groups is 1. The first kappa shape index (κ1) is 17.5. The third-order valence-corrected chi connectivity index (χ3v) is 5.19. The van der Waals surface area contributed by atoms with Crippen LogP contribution in [0.25, 0.3) is 0 Å². The van der Waals surface area contributed by atoms with Crippen LogP contribution in [0.1, 0.15) is 44.9 Å². The van der Waals surface area contributed by atoms with Crippen molar-refractivity contribution in [1.29, 1.82) is 0 Å². The molecule has 2 N–H and O–H groups in total. The summed E-state index contributed by atoms with van der Waals surface area (Å²) in [6, 6.07) is 7.20. The van der Waals surface area contributed by atoms with E-state index in [1.165, 1.54) is 25.3 Å². The minimum Gasteiger partial charge on any atom is -0.366 e. The molecule has 1 saturated carbocycles. The van der Waals surface area contributed by atoms with Crippen LogP contribution >= 0.6 is 0 Å². The summed E-state index contributed by atoms with van der Waals surface area (Å²) in [6.45, 7) is 1.42. The van der Waals surface area contributed by atoms with Crippen LogP contribution in [-0.4, -0.2) is 36.1 Å². The second-order valence-electron chi connectivity index (χ2n) is 6.96. The van der Waals surface area contributed by atoms with Gasteiger partial charge >= 0.3 is 6.03 Å². The van der Waals surface area contributed by atoms with Gasteiger partial charge in [-0.1, -0.05) is 31.4 Å². The number of anilines is 1. The maximum atomic E-state index is 12.1. The number of para-hydroxylation sites is 2. The van der Waals surface area contributed by atoms with Gasteiger partial charge in [0.05, 0.1) is 4.92 Å². The zero-order valence-electron chi connectivity index (χ0n) is 14.4. The SMILES string of the molecule is O=C(NC1CCCCC1)NC1CCN(c2ccccc2[N+](=O)[O-])CC1. The summed E-state index contributed by atoms with van der Waals surface area (Å²) < 4.78 is 0. The van der Waals surface area contributed by atoms with Crippen molar-refractivity contribution in [3.63, 3.8) is 0 Å². The van der Waals surface area contributed by atoms with Gasteiger partial charge in [-0.05, 0) is 31.7 Å². The van der Waals surface area contributed by atoms with E-state index in [2.05, 4.69) is 10.6 Å². The fourth-order valence-electron chi connectivity index (χ4n) is 3.81. The molecular weight excluding hydrogens is 320 g/mol. The molecule has 7 nitrogen and oxygen atoms in total. The number of nitrogens with zero attached hydrogens (tertiary/aromatic N) is 2. The predicted octanol–water partition coefficient (Wildman–Crippen LogP) is 3.20. The van der Waals surface area contributed by atoms with Crippen LogP contribution in [0.5, 0.6) is 0 Å². The molecule has 0 aromatic heterocycles. The van der Waals surface area contributed by atoms with Crippen molar-refractivity contribution in [2.45, 2.75) is 57.0 Å². The zero-order valence-corrected chi connectivity index (χ0v) is 14.4. The van der Waals surface area contributed by atoms with E-state index >= 15 is 0 Å². The number of carbonyl (C=O) groups excluding carboxylic acids is 1. The molecule has 0 radical (unpaired) electrons. The Labute approximate surface area is 147 Å².